The molecule has 5 atom stereocenters. The van der Waals surface area contributed by atoms with Crippen molar-refractivity contribution in [3.05, 3.63) is 91.0 Å². The number of rotatable bonds is 12. The molecule has 1 aliphatic rings. The van der Waals surface area contributed by atoms with E-state index in [2.05, 4.69) is 5.10 Å². The van der Waals surface area contributed by atoms with E-state index >= 15 is 0 Å². The van der Waals surface area contributed by atoms with E-state index in [1.807, 2.05) is 91.0 Å². The van der Waals surface area contributed by atoms with E-state index in [4.69, 9.17) is 23.7 Å². The van der Waals surface area contributed by atoms with Gasteiger partial charge in [-0.2, -0.15) is 0 Å². The molecule has 0 amide bonds. The summed E-state index contributed by atoms with van der Waals surface area (Å²) in [4.78, 5) is 13.1. The Morgan fingerprint density at radius 1 is 0.921 bits per heavy atom. The van der Waals surface area contributed by atoms with Gasteiger partial charge in [0.1, 0.15) is 0 Å². The van der Waals surface area contributed by atoms with Gasteiger partial charge >= 0.3 is 230 Å². The van der Waals surface area contributed by atoms with E-state index in [9.17, 15) is 4.79 Å². The van der Waals surface area contributed by atoms with Crippen LogP contribution in [-0.4, -0.2) is 84.5 Å². The molecule has 0 aromatic heterocycles. The first-order chi connectivity index (χ1) is 18.6. The average Bonchev–Trinajstić information content (AvgIpc) is 3.29. The topological polar surface area (TPSA) is 78.8 Å². The van der Waals surface area contributed by atoms with Gasteiger partial charge in [-0.15, -0.1) is 0 Å². The Balaban J connectivity index is 1.56. The Bertz CT molecular complexity index is 1110. The predicted molar refractivity (Wildman–Crippen MR) is 147 cm³/mol. The molecule has 1 heterocycles. The summed E-state index contributed by atoms with van der Waals surface area (Å²) >= 11 is -0.152. The van der Waals surface area contributed by atoms with E-state index in [1.54, 1.807) is 26.3 Å². The maximum atomic E-state index is 13.1. The monoisotopic (exact) mass is 584 g/mol. The summed E-state index contributed by atoms with van der Waals surface area (Å²) in [7, 11) is 4.79. The molecule has 3 aromatic carbocycles. The number of ether oxygens (including phenoxy) is 5. The van der Waals surface area contributed by atoms with Crippen LogP contribution in [0.1, 0.15) is 0 Å². The van der Waals surface area contributed by atoms with Crippen molar-refractivity contribution >= 4 is 43.0 Å². The first kappa shape index (κ1) is 28.0. The fraction of sp³-hybridized carbons (Fsp3) is 0.310. The molecule has 0 spiro atoms. The number of para-hydroxylation sites is 2. The van der Waals surface area contributed by atoms with Crippen molar-refractivity contribution in [2.45, 2.75) is 29.4 Å². The zero-order valence-corrected chi connectivity index (χ0v) is 23.3. The van der Waals surface area contributed by atoms with Gasteiger partial charge in [-0.05, 0) is 0 Å². The first-order valence-corrected chi connectivity index (χ1v) is 14.1. The summed E-state index contributed by atoms with van der Waals surface area (Å²) in [5.41, 5.74) is 1.63. The third kappa shape index (κ3) is 7.08. The predicted octanol–water partition coefficient (Wildman–Crippen LogP) is 3.15. The van der Waals surface area contributed by atoms with Crippen LogP contribution in [0.25, 0.3) is 0 Å². The molecule has 0 aliphatic carbocycles. The number of nitrogens with zero attached hydrogens (tertiary/aromatic N) is 2. The van der Waals surface area contributed by atoms with Gasteiger partial charge in [-0.3, -0.25) is 0 Å². The van der Waals surface area contributed by atoms with E-state index in [0.29, 0.717) is 6.61 Å². The zero-order chi connectivity index (χ0) is 26.7. The van der Waals surface area contributed by atoms with Crippen LogP contribution in [0.15, 0.2) is 96.1 Å². The molecule has 0 N–H and O–H groups in total. The molecular formula is C29H32N2O6Se. The number of hydrogen-bond donors (Lipinski definition) is 0. The number of esters is 1. The average molecular weight is 584 g/mol. The van der Waals surface area contributed by atoms with Gasteiger partial charge < -0.3 is 0 Å². The standard InChI is InChI=1S/C29H32N2O6Se/c1-33-20-24(34-2)26-27(35-3)28(29(37-26)38-23-17-11-6-12-18-23)36-25(32)19-30-31(21-13-7-4-8-14-21)22-15-9-5-10-16-22/h4-19,24,26-29H,20H2,1-3H3/b30-19+/t24?,26-,27+,28-,29+/m1/s1. The molecule has 9 heteroatoms. The molecule has 0 bridgehead atoms. The molecule has 1 unspecified atom stereocenters. The summed E-state index contributed by atoms with van der Waals surface area (Å²) in [5.74, 6) is -0.590. The van der Waals surface area contributed by atoms with Crippen molar-refractivity contribution < 1.29 is 28.5 Å². The Labute approximate surface area is 229 Å². The molecular weight excluding hydrogens is 551 g/mol. The third-order valence-electron chi connectivity index (χ3n) is 6.01. The van der Waals surface area contributed by atoms with Crippen LogP contribution in [-0.2, 0) is 28.5 Å². The van der Waals surface area contributed by atoms with E-state index in [0.717, 1.165) is 15.8 Å². The molecule has 3 aromatic rings. The van der Waals surface area contributed by atoms with Crippen molar-refractivity contribution in [2.24, 2.45) is 5.10 Å². The Kier molecular flexibility index (Phi) is 10.5. The molecule has 1 saturated heterocycles. The third-order valence-corrected chi connectivity index (χ3v) is 8.43. The molecule has 0 saturated carbocycles. The number of hydrogen-bond acceptors (Lipinski definition) is 8. The number of anilines is 2. The van der Waals surface area contributed by atoms with Gasteiger partial charge in [0.25, 0.3) is 0 Å². The minimum atomic E-state index is -0.652. The first-order valence-electron chi connectivity index (χ1n) is 12.2. The molecule has 38 heavy (non-hydrogen) atoms. The Morgan fingerprint density at radius 2 is 1.50 bits per heavy atom. The second-order valence-electron chi connectivity index (χ2n) is 8.46. The summed E-state index contributed by atoms with van der Waals surface area (Å²) < 4.78 is 30.3. The molecule has 8 nitrogen and oxygen atoms in total. The van der Waals surface area contributed by atoms with Crippen molar-refractivity contribution in [2.75, 3.05) is 32.9 Å². The van der Waals surface area contributed by atoms with Crippen molar-refractivity contribution in [3.8, 4) is 0 Å². The Morgan fingerprint density at radius 3 is 2.03 bits per heavy atom. The number of methoxy groups -OCH3 is 3. The second-order valence-corrected chi connectivity index (χ2v) is 10.9. The van der Waals surface area contributed by atoms with Gasteiger partial charge in [0.05, 0.1) is 0 Å². The molecule has 4 rings (SSSR count). The molecule has 0 radical (unpaired) electrons. The second kappa shape index (κ2) is 14.2. The minimum absolute atomic E-state index is 0.152. The summed E-state index contributed by atoms with van der Waals surface area (Å²) in [6, 6.07) is 29.2. The quantitative estimate of drug-likeness (QED) is 0.140. The Hall–Kier alpha value is -3.04. The number of hydrazone groups is 1. The van der Waals surface area contributed by atoms with Gasteiger partial charge in [0.2, 0.25) is 0 Å². The summed E-state index contributed by atoms with van der Waals surface area (Å²) in [5, 5.41) is 5.78. The van der Waals surface area contributed by atoms with Crippen LogP contribution in [0.2, 0.25) is 0 Å². The van der Waals surface area contributed by atoms with E-state index < -0.39 is 24.3 Å². The number of benzene rings is 3. The van der Waals surface area contributed by atoms with Gasteiger partial charge in [-0.1, -0.05) is 0 Å². The van der Waals surface area contributed by atoms with Gasteiger partial charge in [-0.25, -0.2) is 0 Å². The van der Waals surface area contributed by atoms with Crippen LogP contribution in [0, 0.1) is 0 Å². The van der Waals surface area contributed by atoms with Crippen molar-refractivity contribution in [3.63, 3.8) is 0 Å². The van der Waals surface area contributed by atoms with Crippen LogP contribution >= 0.6 is 0 Å². The van der Waals surface area contributed by atoms with E-state index in [-0.39, 0.29) is 26.1 Å². The zero-order valence-electron chi connectivity index (χ0n) is 21.6. The fourth-order valence-corrected chi connectivity index (χ4v) is 6.55. The number of carbonyl (C=O) groups is 1. The molecule has 1 aliphatic heterocycles. The summed E-state index contributed by atoms with van der Waals surface area (Å²) in [6.45, 7) is 0.317. The van der Waals surface area contributed by atoms with Crippen LogP contribution in [0.3, 0.4) is 0 Å². The molecule has 1 fully saturated rings. The van der Waals surface area contributed by atoms with Crippen LogP contribution < -0.4 is 9.47 Å². The number of carbonyl (C=O) groups excluding carboxylic acids is 1. The van der Waals surface area contributed by atoms with Gasteiger partial charge in [0, 0.05) is 0 Å². The van der Waals surface area contributed by atoms with Crippen molar-refractivity contribution in [1.29, 1.82) is 0 Å². The molecule has 200 valence electrons. The SMILES string of the molecule is COCC(OC)[C@H]1O[C@@H]([Se]c2ccccc2)[C@H](OC(=O)/C=N/N(c2ccccc2)c2ccccc2)[C@H]1OC. The van der Waals surface area contributed by atoms with Gasteiger partial charge in [0.15, 0.2) is 0 Å². The van der Waals surface area contributed by atoms with E-state index in [1.165, 1.54) is 6.21 Å². The van der Waals surface area contributed by atoms with Crippen LogP contribution in [0.5, 0.6) is 0 Å². The fourth-order valence-electron chi connectivity index (χ4n) is 4.22. The van der Waals surface area contributed by atoms with Crippen LogP contribution in [0.4, 0.5) is 11.4 Å². The van der Waals surface area contributed by atoms with Crippen molar-refractivity contribution in [1.82, 2.24) is 0 Å². The normalized spacial score (nSPS) is 21.9. The maximum absolute atomic E-state index is 13.1. The summed E-state index contributed by atoms with van der Waals surface area (Å²) in [6.07, 6.45) is -0.860.